The number of carbonyl (C=O) groups excluding carboxylic acids is 1. The first-order valence-corrected chi connectivity index (χ1v) is 7.90. The summed E-state index contributed by atoms with van der Waals surface area (Å²) in [5.41, 5.74) is 2.46. The molecular formula is C14H12Br2N4O. The highest BCUT2D eigenvalue weighted by Crippen LogP contribution is 2.30. The Morgan fingerprint density at radius 3 is 2.76 bits per heavy atom. The van der Waals surface area contributed by atoms with Gasteiger partial charge in [0.2, 0.25) is 0 Å². The van der Waals surface area contributed by atoms with Crippen LogP contribution in [0.1, 0.15) is 28.9 Å². The van der Waals surface area contributed by atoms with Crippen molar-refractivity contribution in [1.82, 2.24) is 20.5 Å². The Balaban J connectivity index is 1.90. The predicted molar refractivity (Wildman–Crippen MR) is 88.2 cm³/mol. The van der Waals surface area contributed by atoms with E-state index >= 15 is 0 Å². The molecule has 5 nitrogen and oxygen atoms in total. The lowest BCUT2D eigenvalue weighted by molar-refractivity contribution is 0.0941. The van der Waals surface area contributed by atoms with Crippen molar-refractivity contribution < 1.29 is 4.79 Å². The minimum atomic E-state index is -0.121. The van der Waals surface area contributed by atoms with E-state index in [0.717, 1.165) is 25.4 Å². The number of benzene rings is 1. The number of aromatic amines is 2. The van der Waals surface area contributed by atoms with Crippen molar-refractivity contribution in [2.24, 2.45) is 0 Å². The van der Waals surface area contributed by atoms with Gasteiger partial charge in [0.1, 0.15) is 0 Å². The summed E-state index contributed by atoms with van der Waals surface area (Å²) < 4.78 is 1.85. The molecule has 1 atom stereocenters. The Hall–Kier alpha value is -1.60. The van der Waals surface area contributed by atoms with Gasteiger partial charge in [-0.1, -0.05) is 0 Å². The summed E-state index contributed by atoms with van der Waals surface area (Å²) >= 11 is 6.91. The smallest absolute Gasteiger partial charge is 0.253 e. The summed E-state index contributed by atoms with van der Waals surface area (Å²) in [5, 5.41) is 10.5. The molecule has 3 N–H and O–H groups in total. The Labute approximate surface area is 137 Å². The molecule has 3 rings (SSSR count). The molecule has 0 saturated carbocycles. The third-order valence-corrected chi connectivity index (χ3v) is 5.18. The second kappa shape index (κ2) is 5.65. The molecule has 108 valence electrons. The van der Waals surface area contributed by atoms with E-state index in [-0.39, 0.29) is 11.9 Å². The van der Waals surface area contributed by atoms with Gasteiger partial charge in [0.25, 0.3) is 5.91 Å². The number of hydrogen-bond donors (Lipinski definition) is 3. The molecule has 1 amide bonds. The molecule has 21 heavy (non-hydrogen) atoms. The molecule has 1 unspecified atom stereocenters. The Morgan fingerprint density at radius 2 is 2.05 bits per heavy atom. The number of halogens is 2. The number of carbonyl (C=O) groups is 1. The van der Waals surface area contributed by atoms with Gasteiger partial charge in [-0.05, 0) is 50.9 Å². The second-order valence-corrected chi connectivity index (χ2v) is 6.45. The van der Waals surface area contributed by atoms with Crippen LogP contribution in [0.15, 0.2) is 39.7 Å². The normalized spacial score (nSPS) is 12.5. The SMILES string of the molecule is CC(NC(=O)c1c[nH]c2cc(Br)c(Br)cc12)c1cn[nH]c1. The molecule has 0 spiro atoms. The zero-order valence-corrected chi connectivity index (χ0v) is 14.2. The molecule has 0 fully saturated rings. The Kier molecular flexibility index (Phi) is 3.86. The summed E-state index contributed by atoms with van der Waals surface area (Å²) in [6.45, 7) is 1.92. The van der Waals surface area contributed by atoms with Crippen molar-refractivity contribution in [2.75, 3.05) is 0 Å². The fourth-order valence-corrected chi connectivity index (χ4v) is 2.85. The molecule has 1 aromatic carbocycles. The summed E-state index contributed by atoms with van der Waals surface area (Å²) in [6, 6.07) is 3.75. The molecule has 0 aliphatic heterocycles. The zero-order valence-electron chi connectivity index (χ0n) is 11.1. The Morgan fingerprint density at radius 1 is 1.29 bits per heavy atom. The van der Waals surface area contributed by atoms with Crippen molar-refractivity contribution in [3.8, 4) is 0 Å². The molecule has 3 aromatic rings. The van der Waals surface area contributed by atoms with Crippen LogP contribution in [0.2, 0.25) is 0 Å². The van der Waals surface area contributed by atoms with Crippen molar-refractivity contribution in [3.63, 3.8) is 0 Å². The number of rotatable bonds is 3. The van der Waals surface area contributed by atoms with Crippen molar-refractivity contribution in [3.05, 3.63) is 50.8 Å². The van der Waals surface area contributed by atoms with Gasteiger partial charge >= 0.3 is 0 Å². The summed E-state index contributed by atoms with van der Waals surface area (Å²) in [6.07, 6.45) is 5.20. The van der Waals surface area contributed by atoms with Gasteiger partial charge in [-0.25, -0.2) is 0 Å². The number of nitrogens with zero attached hydrogens (tertiary/aromatic N) is 1. The van der Waals surface area contributed by atoms with Crippen LogP contribution in [-0.2, 0) is 0 Å². The summed E-state index contributed by atoms with van der Waals surface area (Å²) in [4.78, 5) is 15.5. The van der Waals surface area contributed by atoms with Crippen LogP contribution in [0.25, 0.3) is 10.9 Å². The highest BCUT2D eigenvalue weighted by atomic mass is 79.9. The number of nitrogens with one attached hydrogen (secondary N) is 3. The Bertz CT molecular complexity index is 795. The van der Waals surface area contributed by atoms with E-state index in [9.17, 15) is 4.79 Å². The lowest BCUT2D eigenvalue weighted by Crippen LogP contribution is -2.26. The fraction of sp³-hybridized carbons (Fsp3) is 0.143. The average Bonchev–Trinajstić information content (AvgIpc) is 3.08. The quantitative estimate of drug-likeness (QED) is 0.611. The van der Waals surface area contributed by atoms with Crippen LogP contribution in [-0.4, -0.2) is 21.1 Å². The van der Waals surface area contributed by atoms with E-state index in [0.29, 0.717) is 5.56 Å². The zero-order chi connectivity index (χ0) is 15.0. The first-order valence-electron chi connectivity index (χ1n) is 6.32. The maximum absolute atomic E-state index is 12.4. The molecule has 0 bridgehead atoms. The van der Waals surface area contributed by atoms with Crippen molar-refractivity contribution >= 4 is 48.7 Å². The van der Waals surface area contributed by atoms with Gasteiger partial charge in [0.05, 0.1) is 17.8 Å². The average molecular weight is 412 g/mol. The predicted octanol–water partition coefficient (Wildman–Crippen LogP) is 3.91. The molecule has 0 aliphatic rings. The van der Waals surface area contributed by atoms with Gasteiger partial charge in [-0.2, -0.15) is 5.10 Å². The fourth-order valence-electron chi connectivity index (χ4n) is 2.16. The van der Waals surface area contributed by atoms with Gasteiger partial charge in [0, 0.05) is 37.8 Å². The van der Waals surface area contributed by atoms with Crippen molar-refractivity contribution in [2.45, 2.75) is 13.0 Å². The molecule has 0 radical (unpaired) electrons. The van der Waals surface area contributed by atoms with Gasteiger partial charge in [0.15, 0.2) is 0 Å². The maximum Gasteiger partial charge on any atom is 0.253 e. The molecule has 0 saturated heterocycles. The second-order valence-electron chi connectivity index (χ2n) is 4.74. The summed E-state index contributed by atoms with van der Waals surface area (Å²) in [5.74, 6) is -0.121. The van der Waals surface area contributed by atoms with Crippen molar-refractivity contribution in [1.29, 1.82) is 0 Å². The highest BCUT2D eigenvalue weighted by molar-refractivity contribution is 9.13. The van der Waals surface area contributed by atoms with E-state index in [1.165, 1.54) is 0 Å². The number of H-pyrrole nitrogens is 2. The van der Waals surface area contributed by atoms with Crippen LogP contribution < -0.4 is 5.32 Å². The van der Waals surface area contributed by atoms with Crippen LogP contribution in [0.5, 0.6) is 0 Å². The standard InChI is InChI=1S/C14H12Br2N4O/c1-7(8-4-18-19-5-8)20-14(21)10-6-17-13-3-12(16)11(15)2-9(10)13/h2-7,17H,1H3,(H,18,19)(H,20,21). The lowest BCUT2D eigenvalue weighted by atomic mass is 10.1. The van der Waals surface area contributed by atoms with Gasteiger partial charge in [-0.3, -0.25) is 9.89 Å². The molecule has 7 heteroatoms. The molecule has 0 aliphatic carbocycles. The van der Waals surface area contributed by atoms with E-state index in [1.54, 1.807) is 18.6 Å². The van der Waals surface area contributed by atoms with E-state index in [1.807, 2.05) is 19.1 Å². The van der Waals surface area contributed by atoms with Crippen LogP contribution in [0.3, 0.4) is 0 Å². The van der Waals surface area contributed by atoms with E-state index in [4.69, 9.17) is 0 Å². The van der Waals surface area contributed by atoms with E-state index < -0.39 is 0 Å². The first-order chi connectivity index (χ1) is 10.1. The minimum absolute atomic E-state index is 0.111. The number of amides is 1. The van der Waals surface area contributed by atoms with Crippen LogP contribution in [0.4, 0.5) is 0 Å². The number of aromatic nitrogens is 3. The number of hydrogen-bond acceptors (Lipinski definition) is 2. The number of fused-ring (bicyclic) bond motifs is 1. The lowest BCUT2D eigenvalue weighted by Gasteiger charge is -2.11. The van der Waals surface area contributed by atoms with Crippen LogP contribution >= 0.6 is 31.9 Å². The minimum Gasteiger partial charge on any atom is -0.360 e. The first kappa shape index (κ1) is 14.3. The molecule has 2 aromatic heterocycles. The van der Waals surface area contributed by atoms with Crippen LogP contribution in [0, 0.1) is 0 Å². The van der Waals surface area contributed by atoms with E-state index in [2.05, 4.69) is 52.4 Å². The maximum atomic E-state index is 12.4. The molecular weight excluding hydrogens is 400 g/mol. The van der Waals surface area contributed by atoms with Gasteiger partial charge < -0.3 is 10.3 Å². The van der Waals surface area contributed by atoms with Gasteiger partial charge in [-0.15, -0.1) is 0 Å². The topological polar surface area (TPSA) is 73.6 Å². The summed E-state index contributed by atoms with van der Waals surface area (Å²) in [7, 11) is 0. The largest absolute Gasteiger partial charge is 0.360 e. The third-order valence-electron chi connectivity index (χ3n) is 3.33. The molecule has 2 heterocycles. The third kappa shape index (κ3) is 2.75. The highest BCUT2D eigenvalue weighted by Gasteiger charge is 2.16. The monoisotopic (exact) mass is 410 g/mol.